The van der Waals surface area contributed by atoms with E-state index in [4.69, 9.17) is 15.9 Å². The number of hydrogen-bond acceptors (Lipinski definition) is 7. The summed E-state index contributed by atoms with van der Waals surface area (Å²) >= 11 is 0. The molecule has 0 fully saturated rings. The Morgan fingerprint density at radius 2 is 1.67 bits per heavy atom. The van der Waals surface area contributed by atoms with Gasteiger partial charge in [-0.25, -0.2) is 0 Å². The molecule has 0 amide bonds. The molecular weight excluding hydrogens is 210 g/mol. The number of carboxylic acids is 1. The predicted molar refractivity (Wildman–Crippen MR) is 50.3 cm³/mol. The number of nitrogens with one attached hydrogen (secondary N) is 2. The minimum absolute atomic E-state index is 0.315. The molecule has 6 N–H and O–H groups in total. The van der Waals surface area contributed by atoms with Crippen molar-refractivity contribution in [2.75, 3.05) is 19.7 Å². The fourth-order valence-corrected chi connectivity index (χ4v) is 0.281. The van der Waals surface area contributed by atoms with Crippen LogP contribution in [0.25, 0.3) is 0 Å². The van der Waals surface area contributed by atoms with Gasteiger partial charge in [-0.15, -0.1) is 9.81 Å². The van der Waals surface area contributed by atoms with Crippen LogP contribution < -0.4 is 16.6 Å². The Hall–Kier alpha value is -1.81. The molecular formula is C5H13N5O5. The Labute approximate surface area is 84.7 Å². The van der Waals surface area contributed by atoms with Gasteiger partial charge in [-0.05, 0) is 0 Å². The summed E-state index contributed by atoms with van der Waals surface area (Å²) in [6.07, 6.45) is 0. The molecule has 10 nitrogen and oxygen atoms in total. The third kappa shape index (κ3) is 15.0. The zero-order chi connectivity index (χ0) is 12.1. The van der Waals surface area contributed by atoms with Crippen molar-refractivity contribution < 1.29 is 15.0 Å². The number of rotatable bonds is 7. The Kier molecular flexibility index (Phi) is 12.7. The highest BCUT2D eigenvalue weighted by Crippen LogP contribution is 1.71. The van der Waals surface area contributed by atoms with Gasteiger partial charge < -0.3 is 15.9 Å². The number of aliphatic hydroxyl groups excluding tert-OH is 1. The summed E-state index contributed by atoms with van der Waals surface area (Å²) in [6.45, 7) is 0.125. The SMILES string of the molecule is N[C@@H](CO)C(=O)O.O=NNCCNN=O. The van der Waals surface area contributed by atoms with Crippen LogP contribution in [-0.4, -0.2) is 41.9 Å². The van der Waals surface area contributed by atoms with E-state index in [1.165, 1.54) is 0 Å². The molecule has 0 saturated heterocycles. The van der Waals surface area contributed by atoms with E-state index in [9.17, 15) is 14.6 Å². The zero-order valence-electron chi connectivity index (χ0n) is 7.79. The molecule has 0 saturated carbocycles. The minimum atomic E-state index is -1.18. The van der Waals surface area contributed by atoms with Gasteiger partial charge in [0.05, 0.1) is 19.7 Å². The van der Waals surface area contributed by atoms with E-state index in [2.05, 4.69) is 21.4 Å². The molecule has 0 spiro atoms. The summed E-state index contributed by atoms with van der Waals surface area (Å²) in [7, 11) is 0. The first kappa shape index (κ1) is 15.7. The van der Waals surface area contributed by atoms with Crippen molar-refractivity contribution in [2.24, 2.45) is 16.3 Å². The van der Waals surface area contributed by atoms with E-state index < -0.39 is 18.6 Å². The number of nitrogens with zero attached hydrogens (tertiary/aromatic N) is 2. The summed E-state index contributed by atoms with van der Waals surface area (Å²) in [6, 6.07) is -1.13. The summed E-state index contributed by atoms with van der Waals surface area (Å²) in [5.41, 5.74) is 8.95. The molecule has 1 atom stereocenters. The van der Waals surface area contributed by atoms with Crippen LogP contribution in [0, 0.1) is 9.81 Å². The molecule has 88 valence electrons. The number of hydrogen-bond donors (Lipinski definition) is 5. The standard InChI is InChI=1S/C3H7NO3.C2H6N4O2/c4-2(1-5)3(6)7;7-5-3-1-2-4-6-8/h2,5H,1,4H2,(H,6,7);1-2H2,(H,3,7)(H,4,8)/t2-;/m0./s1. The molecule has 0 aliphatic carbocycles. The summed E-state index contributed by atoms with van der Waals surface area (Å²) < 4.78 is 0. The van der Waals surface area contributed by atoms with Gasteiger partial charge in [-0.3, -0.25) is 15.6 Å². The van der Waals surface area contributed by atoms with Crippen molar-refractivity contribution in [3.63, 3.8) is 0 Å². The van der Waals surface area contributed by atoms with Crippen LogP contribution in [0.3, 0.4) is 0 Å². The number of aliphatic carboxylic acids is 1. The fraction of sp³-hybridized carbons (Fsp3) is 0.800. The molecule has 0 radical (unpaired) electrons. The summed E-state index contributed by atoms with van der Waals surface area (Å²) in [4.78, 5) is 28.2. The maximum Gasteiger partial charge on any atom is 0.322 e. The van der Waals surface area contributed by atoms with Crippen molar-refractivity contribution in [2.45, 2.75) is 6.04 Å². The van der Waals surface area contributed by atoms with Crippen LogP contribution >= 0.6 is 0 Å². The maximum absolute atomic E-state index is 9.65. The van der Waals surface area contributed by atoms with Crippen LogP contribution in [-0.2, 0) is 4.79 Å². The molecule has 0 aromatic carbocycles. The molecule has 15 heavy (non-hydrogen) atoms. The highest BCUT2D eigenvalue weighted by atomic mass is 16.4. The third-order valence-electron chi connectivity index (χ3n) is 0.992. The van der Waals surface area contributed by atoms with E-state index >= 15 is 0 Å². The van der Waals surface area contributed by atoms with E-state index in [-0.39, 0.29) is 0 Å². The van der Waals surface area contributed by atoms with E-state index in [1.807, 2.05) is 0 Å². The Morgan fingerprint density at radius 3 is 1.80 bits per heavy atom. The molecule has 0 aromatic heterocycles. The van der Waals surface area contributed by atoms with Crippen molar-refractivity contribution in [1.82, 2.24) is 10.9 Å². The molecule has 0 unspecified atom stereocenters. The number of carbonyl (C=O) groups is 1. The Balaban J connectivity index is 0. The van der Waals surface area contributed by atoms with Crippen molar-refractivity contribution >= 4 is 5.97 Å². The maximum atomic E-state index is 9.65. The van der Waals surface area contributed by atoms with Crippen molar-refractivity contribution in [1.29, 1.82) is 0 Å². The normalized spacial score (nSPS) is 10.3. The lowest BCUT2D eigenvalue weighted by atomic mass is 10.3. The fourth-order valence-electron chi connectivity index (χ4n) is 0.281. The summed E-state index contributed by atoms with van der Waals surface area (Å²) in [5.74, 6) is -1.18. The van der Waals surface area contributed by atoms with Gasteiger partial charge in [0.25, 0.3) is 0 Å². The Morgan fingerprint density at radius 1 is 1.27 bits per heavy atom. The highest BCUT2D eigenvalue weighted by molar-refractivity contribution is 5.73. The average Bonchev–Trinajstić information content (AvgIpc) is 2.24. The lowest BCUT2D eigenvalue weighted by Crippen LogP contribution is -2.33. The second-order valence-corrected chi connectivity index (χ2v) is 2.13. The van der Waals surface area contributed by atoms with Gasteiger partial charge in [-0.2, -0.15) is 0 Å². The average molecular weight is 223 g/mol. The highest BCUT2D eigenvalue weighted by Gasteiger charge is 2.06. The number of nitroso groups, excluding NO2 is 2. The molecule has 0 aliphatic heterocycles. The molecule has 10 heteroatoms. The quantitative estimate of drug-likeness (QED) is 0.186. The zero-order valence-corrected chi connectivity index (χ0v) is 7.79. The van der Waals surface area contributed by atoms with E-state index in [0.717, 1.165) is 0 Å². The van der Waals surface area contributed by atoms with Crippen LogP contribution in [0.1, 0.15) is 0 Å². The van der Waals surface area contributed by atoms with Crippen molar-refractivity contribution in [3.8, 4) is 0 Å². The van der Waals surface area contributed by atoms with Crippen LogP contribution in [0.5, 0.6) is 0 Å². The first-order chi connectivity index (χ1) is 7.09. The van der Waals surface area contributed by atoms with Gasteiger partial charge in [0.1, 0.15) is 6.04 Å². The molecule has 0 heterocycles. The monoisotopic (exact) mass is 223 g/mol. The lowest BCUT2D eigenvalue weighted by Gasteiger charge is -1.96. The first-order valence-corrected chi connectivity index (χ1v) is 3.79. The van der Waals surface area contributed by atoms with E-state index in [1.54, 1.807) is 0 Å². The second-order valence-electron chi connectivity index (χ2n) is 2.13. The van der Waals surface area contributed by atoms with Gasteiger partial charge in [0.2, 0.25) is 0 Å². The molecule has 0 rings (SSSR count). The number of aliphatic hydroxyl groups is 1. The van der Waals surface area contributed by atoms with Gasteiger partial charge in [0.15, 0.2) is 0 Å². The smallest absolute Gasteiger partial charge is 0.322 e. The van der Waals surface area contributed by atoms with Gasteiger partial charge in [0, 0.05) is 10.6 Å². The van der Waals surface area contributed by atoms with Crippen LogP contribution in [0.15, 0.2) is 10.6 Å². The van der Waals surface area contributed by atoms with Crippen LogP contribution in [0.2, 0.25) is 0 Å². The Bertz CT molecular complexity index is 179. The lowest BCUT2D eigenvalue weighted by molar-refractivity contribution is -0.139. The van der Waals surface area contributed by atoms with Gasteiger partial charge >= 0.3 is 5.97 Å². The molecule has 0 aliphatic rings. The molecule has 0 bridgehead atoms. The van der Waals surface area contributed by atoms with Crippen LogP contribution in [0.4, 0.5) is 0 Å². The molecule has 0 aromatic rings. The number of carboxylic acid groups (broad SMARTS) is 1. The number of nitrogens with two attached hydrogens (primary N) is 1. The summed E-state index contributed by atoms with van der Waals surface area (Å²) in [5, 5.41) is 20.5. The minimum Gasteiger partial charge on any atom is -0.480 e. The van der Waals surface area contributed by atoms with Crippen molar-refractivity contribution in [3.05, 3.63) is 9.81 Å². The third-order valence-corrected chi connectivity index (χ3v) is 0.992. The topological polar surface area (TPSA) is 166 Å². The largest absolute Gasteiger partial charge is 0.480 e. The predicted octanol–water partition coefficient (Wildman–Crippen LogP) is -2.08. The van der Waals surface area contributed by atoms with E-state index in [0.29, 0.717) is 13.1 Å². The van der Waals surface area contributed by atoms with Gasteiger partial charge in [-0.1, -0.05) is 0 Å². The second kappa shape index (κ2) is 12.2. The first-order valence-electron chi connectivity index (χ1n) is 3.79.